The van der Waals surface area contributed by atoms with Gasteiger partial charge in [-0.1, -0.05) is 5.16 Å². The standard InChI is InChI=1S/C11H11N3O4S/c1-4-7(6(3)18-13-4)9(15)12-10-8(11(16)17)5(2)14-19-10/h1-3H3,(H,12,15)(H,16,17). The van der Waals surface area contributed by atoms with E-state index in [-0.39, 0.29) is 10.6 Å². The first-order chi connectivity index (χ1) is 8.91. The van der Waals surface area contributed by atoms with E-state index in [4.69, 9.17) is 9.63 Å². The highest BCUT2D eigenvalue weighted by Crippen LogP contribution is 2.25. The fraction of sp³-hybridized carbons (Fsp3) is 0.273. The zero-order valence-corrected chi connectivity index (χ0v) is 11.3. The molecule has 0 atom stereocenters. The van der Waals surface area contributed by atoms with Crippen LogP contribution in [0.15, 0.2) is 4.52 Å². The van der Waals surface area contributed by atoms with Gasteiger partial charge in [0, 0.05) is 0 Å². The third-order valence-electron chi connectivity index (χ3n) is 2.56. The first-order valence-corrected chi connectivity index (χ1v) is 6.13. The van der Waals surface area contributed by atoms with E-state index in [0.29, 0.717) is 22.7 Å². The van der Waals surface area contributed by atoms with Gasteiger partial charge in [-0.15, -0.1) is 0 Å². The van der Waals surface area contributed by atoms with Crippen LogP contribution in [0, 0.1) is 20.8 Å². The Morgan fingerprint density at radius 2 is 1.89 bits per heavy atom. The lowest BCUT2D eigenvalue weighted by molar-refractivity contribution is 0.0697. The Kier molecular flexibility index (Phi) is 3.34. The minimum atomic E-state index is -1.12. The Morgan fingerprint density at radius 3 is 2.42 bits per heavy atom. The third kappa shape index (κ3) is 2.34. The molecule has 2 N–H and O–H groups in total. The average Bonchev–Trinajstić information content (AvgIpc) is 2.83. The molecule has 0 saturated carbocycles. The number of aryl methyl sites for hydroxylation is 3. The van der Waals surface area contributed by atoms with Crippen molar-refractivity contribution in [2.75, 3.05) is 5.32 Å². The molecule has 2 aromatic rings. The van der Waals surface area contributed by atoms with E-state index in [1.165, 1.54) is 0 Å². The molecule has 1 amide bonds. The van der Waals surface area contributed by atoms with Gasteiger partial charge >= 0.3 is 5.97 Å². The number of carbonyl (C=O) groups excluding carboxylic acids is 1. The highest BCUT2D eigenvalue weighted by atomic mass is 32.1. The molecule has 0 fully saturated rings. The van der Waals surface area contributed by atoms with Gasteiger partial charge in [0.25, 0.3) is 5.91 Å². The minimum absolute atomic E-state index is 0.00473. The second-order valence-corrected chi connectivity index (χ2v) is 4.70. The molecule has 19 heavy (non-hydrogen) atoms. The first kappa shape index (κ1) is 13.2. The second-order valence-electron chi connectivity index (χ2n) is 3.93. The van der Waals surface area contributed by atoms with Crippen molar-refractivity contribution in [2.24, 2.45) is 0 Å². The summed E-state index contributed by atoms with van der Waals surface area (Å²) in [5.41, 5.74) is 1.13. The Hall–Kier alpha value is -2.22. The number of amides is 1. The second kappa shape index (κ2) is 4.81. The Balaban J connectivity index is 2.32. The topological polar surface area (TPSA) is 105 Å². The lowest BCUT2D eigenvalue weighted by Gasteiger charge is -2.03. The SMILES string of the molecule is Cc1noc(C)c1C(=O)Nc1snc(C)c1C(=O)O. The molecule has 0 bridgehead atoms. The predicted molar refractivity (Wildman–Crippen MR) is 67.7 cm³/mol. The third-order valence-corrected chi connectivity index (χ3v) is 3.42. The maximum absolute atomic E-state index is 12.1. The number of aromatic nitrogens is 2. The molecule has 0 aliphatic carbocycles. The summed E-state index contributed by atoms with van der Waals surface area (Å²) in [5.74, 6) is -1.20. The number of anilines is 1. The highest BCUT2D eigenvalue weighted by molar-refractivity contribution is 7.11. The number of carbonyl (C=O) groups is 2. The van der Waals surface area contributed by atoms with Gasteiger partial charge < -0.3 is 14.9 Å². The van der Waals surface area contributed by atoms with Crippen LogP contribution in [0.4, 0.5) is 5.00 Å². The van der Waals surface area contributed by atoms with Crippen molar-refractivity contribution in [3.05, 3.63) is 28.3 Å². The van der Waals surface area contributed by atoms with Crippen LogP contribution in [0.2, 0.25) is 0 Å². The summed E-state index contributed by atoms with van der Waals surface area (Å²) in [5, 5.41) is 15.5. The molecule has 0 spiro atoms. The number of carboxylic acid groups (broad SMARTS) is 1. The van der Waals surface area contributed by atoms with Crippen LogP contribution in [-0.2, 0) is 0 Å². The van der Waals surface area contributed by atoms with E-state index in [0.717, 1.165) is 11.5 Å². The fourth-order valence-electron chi connectivity index (χ4n) is 1.68. The highest BCUT2D eigenvalue weighted by Gasteiger charge is 2.23. The molecule has 7 nitrogen and oxygen atoms in total. The normalized spacial score (nSPS) is 10.5. The van der Waals surface area contributed by atoms with Gasteiger partial charge in [0.15, 0.2) is 0 Å². The Labute approximate surface area is 112 Å². The summed E-state index contributed by atoms with van der Waals surface area (Å²) >= 11 is 0.928. The molecule has 0 radical (unpaired) electrons. The number of aromatic carboxylic acids is 1. The molecular formula is C11H11N3O4S. The van der Waals surface area contributed by atoms with Crippen molar-refractivity contribution >= 4 is 28.4 Å². The van der Waals surface area contributed by atoms with Crippen LogP contribution < -0.4 is 5.32 Å². The monoisotopic (exact) mass is 281 g/mol. The van der Waals surface area contributed by atoms with E-state index < -0.39 is 11.9 Å². The van der Waals surface area contributed by atoms with Crippen molar-refractivity contribution in [3.63, 3.8) is 0 Å². The number of carboxylic acids is 1. The van der Waals surface area contributed by atoms with Crippen LogP contribution in [-0.4, -0.2) is 26.5 Å². The molecule has 100 valence electrons. The smallest absolute Gasteiger partial charge is 0.340 e. The van der Waals surface area contributed by atoms with E-state index in [2.05, 4.69) is 14.8 Å². The first-order valence-electron chi connectivity index (χ1n) is 5.35. The Bertz CT molecular complexity index is 639. The van der Waals surface area contributed by atoms with Gasteiger partial charge in [0.05, 0.1) is 11.4 Å². The molecule has 2 rings (SSSR count). The number of rotatable bonds is 3. The van der Waals surface area contributed by atoms with Crippen LogP contribution in [0.1, 0.15) is 37.9 Å². The van der Waals surface area contributed by atoms with Crippen molar-refractivity contribution in [2.45, 2.75) is 20.8 Å². The van der Waals surface area contributed by atoms with Crippen LogP contribution in [0.25, 0.3) is 0 Å². The predicted octanol–water partition coefficient (Wildman–Crippen LogP) is 2.01. The zero-order valence-electron chi connectivity index (χ0n) is 10.5. The van der Waals surface area contributed by atoms with Crippen LogP contribution >= 0.6 is 11.5 Å². The quantitative estimate of drug-likeness (QED) is 0.891. The van der Waals surface area contributed by atoms with E-state index in [1.807, 2.05) is 0 Å². The molecule has 0 unspecified atom stereocenters. The maximum Gasteiger partial charge on any atom is 0.340 e. The number of nitrogens with zero attached hydrogens (tertiary/aromatic N) is 2. The van der Waals surface area contributed by atoms with Gasteiger partial charge in [0.2, 0.25) is 0 Å². The van der Waals surface area contributed by atoms with E-state index >= 15 is 0 Å². The van der Waals surface area contributed by atoms with Crippen molar-refractivity contribution in [1.82, 2.24) is 9.53 Å². The van der Waals surface area contributed by atoms with Gasteiger partial charge in [-0.3, -0.25) is 4.79 Å². The molecule has 2 heterocycles. The molecule has 0 aliphatic heterocycles. The zero-order chi connectivity index (χ0) is 14.2. The average molecular weight is 281 g/mol. The Morgan fingerprint density at radius 1 is 1.21 bits per heavy atom. The molecule has 2 aromatic heterocycles. The van der Waals surface area contributed by atoms with Crippen LogP contribution in [0.3, 0.4) is 0 Å². The molecule has 0 aromatic carbocycles. The van der Waals surface area contributed by atoms with E-state index in [1.54, 1.807) is 20.8 Å². The lowest BCUT2D eigenvalue weighted by atomic mass is 10.2. The fourth-order valence-corrected chi connectivity index (χ4v) is 2.46. The van der Waals surface area contributed by atoms with Crippen molar-refractivity contribution in [3.8, 4) is 0 Å². The molecule has 8 heteroatoms. The summed E-state index contributed by atoms with van der Waals surface area (Å²) in [6.07, 6.45) is 0. The van der Waals surface area contributed by atoms with Gasteiger partial charge in [0.1, 0.15) is 21.9 Å². The number of nitrogens with one attached hydrogen (secondary N) is 1. The summed E-state index contributed by atoms with van der Waals surface area (Å²) < 4.78 is 8.82. The summed E-state index contributed by atoms with van der Waals surface area (Å²) in [6.45, 7) is 4.83. The summed E-state index contributed by atoms with van der Waals surface area (Å²) in [7, 11) is 0. The van der Waals surface area contributed by atoms with Crippen molar-refractivity contribution < 1.29 is 19.2 Å². The van der Waals surface area contributed by atoms with Gasteiger partial charge in [-0.05, 0) is 32.3 Å². The summed E-state index contributed by atoms with van der Waals surface area (Å²) in [6, 6.07) is 0. The summed E-state index contributed by atoms with van der Waals surface area (Å²) in [4.78, 5) is 23.2. The molecular weight excluding hydrogens is 270 g/mol. The molecule has 0 saturated heterocycles. The number of hydrogen-bond donors (Lipinski definition) is 2. The number of hydrogen-bond acceptors (Lipinski definition) is 6. The lowest BCUT2D eigenvalue weighted by Crippen LogP contribution is -2.15. The maximum atomic E-state index is 12.1. The van der Waals surface area contributed by atoms with Gasteiger partial charge in [-0.2, -0.15) is 4.37 Å². The largest absolute Gasteiger partial charge is 0.478 e. The van der Waals surface area contributed by atoms with E-state index in [9.17, 15) is 9.59 Å². The van der Waals surface area contributed by atoms with Gasteiger partial charge in [-0.25, -0.2) is 4.79 Å². The van der Waals surface area contributed by atoms with Crippen molar-refractivity contribution in [1.29, 1.82) is 0 Å². The molecule has 0 aliphatic rings. The van der Waals surface area contributed by atoms with Crippen LogP contribution in [0.5, 0.6) is 0 Å². The minimum Gasteiger partial charge on any atom is -0.478 e.